The topological polar surface area (TPSA) is 66.5 Å². The quantitative estimate of drug-likeness (QED) is 0.663. The van der Waals surface area contributed by atoms with Gasteiger partial charge in [0.25, 0.3) is 0 Å². The van der Waals surface area contributed by atoms with Crippen molar-refractivity contribution in [2.24, 2.45) is 0 Å². The van der Waals surface area contributed by atoms with Gasteiger partial charge in [-0.2, -0.15) is 0 Å². The van der Waals surface area contributed by atoms with Crippen LogP contribution in [0.4, 0.5) is 14.7 Å². The fraction of sp³-hybridized carbons (Fsp3) is 0.188. The molecule has 3 aromatic rings. The molecule has 24 heavy (non-hydrogen) atoms. The summed E-state index contributed by atoms with van der Waals surface area (Å²) in [6.07, 6.45) is 3.59. The van der Waals surface area contributed by atoms with Crippen LogP contribution in [0.2, 0.25) is 5.02 Å². The maximum atomic E-state index is 13.6. The summed E-state index contributed by atoms with van der Waals surface area (Å²) in [5.41, 5.74) is 0.909. The van der Waals surface area contributed by atoms with Gasteiger partial charge in [-0.15, -0.1) is 10.2 Å². The van der Waals surface area contributed by atoms with E-state index < -0.39 is 11.6 Å². The molecule has 0 aliphatic carbocycles. The number of anilines is 1. The molecule has 3 rings (SSSR count). The maximum Gasteiger partial charge on any atom is 0.222 e. The Hall–Kier alpha value is -2.54. The SMILES string of the molecule is Fc1cncc(F)c1-c1nnc(NCCCc2ccc(Cl)cc2)[nH]1. The highest BCUT2D eigenvalue weighted by Gasteiger charge is 2.15. The number of rotatable bonds is 6. The molecule has 0 radical (unpaired) electrons. The minimum atomic E-state index is -0.791. The second kappa shape index (κ2) is 7.35. The molecule has 0 bridgehead atoms. The Bertz CT molecular complexity index is 799. The van der Waals surface area contributed by atoms with Crippen LogP contribution in [0.3, 0.4) is 0 Å². The molecule has 0 saturated heterocycles. The summed E-state index contributed by atoms with van der Waals surface area (Å²) in [6.45, 7) is 0.637. The van der Waals surface area contributed by atoms with Crippen LogP contribution < -0.4 is 5.32 Å². The first-order valence-electron chi connectivity index (χ1n) is 7.34. The summed E-state index contributed by atoms with van der Waals surface area (Å²) in [5, 5.41) is 11.4. The molecular formula is C16H14ClF2N5. The van der Waals surface area contributed by atoms with Crippen LogP contribution >= 0.6 is 11.6 Å². The molecule has 2 aromatic heterocycles. The molecule has 0 fully saturated rings. The van der Waals surface area contributed by atoms with Crippen molar-refractivity contribution in [3.63, 3.8) is 0 Å². The molecule has 0 aliphatic rings. The lowest BCUT2D eigenvalue weighted by atomic mass is 10.1. The molecule has 0 aliphatic heterocycles. The van der Waals surface area contributed by atoms with Crippen molar-refractivity contribution in [2.75, 3.05) is 11.9 Å². The van der Waals surface area contributed by atoms with Gasteiger partial charge in [0, 0.05) is 11.6 Å². The lowest BCUT2D eigenvalue weighted by Crippen LogP contribution is -2.04. The van der Waals surface area contributed by atoms with E-state index in [1.54, 1.807) is 0 Å². The zero-order valence-corrected chi connectivity index (χ0v) is 13.3. The number of hydrogen-bond acceptors (Lipinski definition) is 4. The summed E-state index contributed by atoms with van der Waals surface area (Å²) in [6, 6.07) is 7.66. The lowest BCUT2D eigenvalue weighted by Gasteiger charge is -2.03. The molecule has 8 heteroatoms. The highest BCUT2D eigenvalue weighted by atomic mass is 35.5. The second-order valence-corrected chi connectivity index (χ2v) is 5.59. The predicted octanol–water partition coefficient (Wildman–Crippen LogP) is 3.84. The Labute approximate surface area is 142 Å². The molecule has 1 aromatic carbocycles. The third kappa shape index (κ3) is 3.86. The summed E-state index contributed by atoms with van der Waals surface area (Å²) < 4.78 is 27.3. The fourth-order valence-corrected chi connectivity index (χ4v) is 2.37. The number of nitrogens with zero attached hydrogens (tertiary/aromatic N) is 3. The van der Waals surface area contributed by atoms with Gasteiger partial charge in [-0.05, 0) is 30.5 Å². The molecule has 2 heterocycles. The van der Waals surface area contributed by atoms with E-state index in [-0.39, 0.29) is 11.4 Å². The van der Waals surface area contributed by atoms with E-state index in [1.807, 2.05) is 24.3 Å². The zero-order chi connectivity index (χ0) is 16.9. The third-order valence-corrected chi connectivity index (χ3v) is 3.68. The van der Waals surface area contributed by atoms with Gasteiger partial charge < -0.3 is 10.3 Å². The van der Waals surface area contributed by atoms with Crippen LogP contribution in [-0.4, -0.2) is 26.7 Å². The van der Waals surface area contributed by atoms with Crippen molar-refractivity contribution in [2.45, 2.75) is 12.8 Å². The van der Waals surface area contributed by atoms with Crippen molar-refractivity contribution in [1.82, 2.24) is 20.2 Å². The Kier molecular flexibility index (Phi) is 5.00. The minimum absolute atomic E-state index is 0.0209. The van der Waals surface area contributed by atoms with Gasteiger partial charge in [-0.25, -0.2) is 8.78 Å². The van der Waals surface area contributed by atoms with Gasteiger partial charge in [0.05, 0.1) is 18.0 Å². The monoisotopic (exact) mass is 349 g/mol. The normalized spacial score (nSPS) is 10.8. The van der Waals surface area contributed by atoms with E-state index in [4.69, 9.17) is 11.6 Å². The zero-order valence-electron chi connectivity index (χ0n) is 12.6. The van der Waals surface area contributed by atoms with Crippen molar-refractivity contribution < 1.29 is 8.78 Å². The van der Waals surface area contributed by atoms with E-state index >= 15 is 0 Å². The highest BCUT2D eigenvalue weighted by Crippen LogP contribution is 2.22. The van der Waals surface area contributed by atoms with E-state index in [9.17, 15) is 8.78 Å². The standard InChI is InChI=1S/C16H14ClF2N5/c17-11-5-3-10(4-6-11)2-1-7-21-16-22-15(23-24-16)14-12(18)8-20-9-13(14)19/h3-6,8-9H,1-2,7H2,(H2,21,22,23,24). The van der Waals surface area contributed by atoms with Crippen LogP contribution in [-0.2, 0) is 6.42 Å². The summed E-state index contributed by atoms with van der Waals surface area (Å²) in [5.74, 6) is -1.20. The number of aromatic amines is 1. The Morgan fingerprint density at radius 1 is 1.04 bits per heavy atom. The number of benzene rings is 1. The molecule has 0 spiro atoms. The number of hydrogen-bond donors (Lipinski definition) is 2. The molecule has 0 saturated carbocycles. The number of nitrogens with one attached hydrogen (secondary N) is 2. The Morgan fingerprint density at radius 2 is 1.75 bits per heavy atom. The molecule has 0 amide bonds. The molecule has 0 unspecified atom stereocenters. The van der Waals surface area contributed by atoms with E-state index in [2.05, 4.69) is 25.5 Å². The summed E-state index contributed by atoms with van der Waals surface area (Å²) >= 11 is 5.84. The third-order valence-electron chi connectivity index (χ3n) is 3.42. The van der Waals surface area contributed by atoms with Crippen LogP contribution in [0, 0.1) is 11.6 Å². The number of aryl methyl sites for hydroxylation is 1. The largest absolute Gasteiger partial charge is 0.354 e. The molecule has 2 N–H and O–H groups in total. The summed E-state index contributed by atoms with van der Waals surface area (Å²) in [4.78, 5) is 6.19. The van der Waals surface area contributed by atoms with E-state index in [1.165, 1.54) is 5.56 Å². The number of H-pyrrole nitrogens is 1. The smallest absolute Gasteiger partial charge is 0.222 e. The first-order chi connectivity index (χ1) is 11.6. The first kappa shape index (κ1) is 16.3. The average Bonchev–Trinajstić information content (AvgIpc) is 3.02. The van der Waals surface area contributed by atoms with Gasteiger partial charge >= 0.3 is 0 Å². The van der Waals surface area contributed by atoms with Crippen molar-refractivity contribution in [1.29, 1.82) is 0 Å². The van der Waals surface area contributed by atoms with Gasteiger partial charge in [-0.3, -0.25) is 4.98 Å². The number of aromatic nitrogens is 4. The van der Waals surface area contributed by atoms with Gasteiger partial charge in [0.1, 0.15) is 0 Å². The molecule has 5 nitrogen and oxygen atoms in total. The van der Waals surface area contributed by atoms with Crippen molar-refractivity contribution in [3.8, 4) is 11.4 Å². The van der Waals surface area contributed by atoms with Crippen LogP contribution in [0.15, 0.2) is 36.7 Å². The molecule has 124 valence electrons. The highest BCUT2D eigenvalue weighted by molar-refractivity contribution is 6.30. The Balaban J connectivity index is 1.56. The molecular weight excluding hydrogens is 336 g/mol. The average molecular weight is 350 g/mol. The molecule has 0 atom stereocenters. The van der Waals surface area contributed by atoms with Gasteiger partial charge in [0.15, 0.2) is 17.5 Å². The first-order valence-corrected chi connectivity index (χ1v) is 7.71. The van der Waals surface area contributed by atoms with Crippen molar-refractivity contribution >= 4 is 17.5 Å². The second-order valence-electron chi connectivity index (χ2n) is 5.16. The number of halogens is 3. The predicted molar refractivity (Wildman–Crippen MR) is 87.8 cm³/mol. The number of pyridine rings is 1. The van der Waals surface area contributed by atoms with E-state index in [0.717, 1.165) is 25.2 Å². The van der Waals surface area contributed by atoms with Crippen molar-refractivity contribution in [3.05, 3.63) is 58.9 Å². The van der Waals surface area contributed by atoms with Gasteiger partial charge in [0.2, 0.25) is 5.95 Å². The van der Waals surface area contributed by atoms with Crippen LogP contribution in [0.25, 0.3) is 11.4 Å². The maximum absolute atomic E-state index is 13.6. The summed E-state index contributed by atoms with van der Waals surface area (Å²) in [7, 11) is 0. The minimum Gasteiger partial charge on any atom is -0.354 e. The Morgan fingerprint density at radius 3 is 2.46 bits per heavy atom. The van der Waals surface area contributed by atoms with Crippen LogP contribution in [0.5, 0.6) is 0 Å². The lowest BCUT2D eigenvalue weighted by molar-refractivity contribution is 0.577. The van der Waals surface area contributed by atoms with E-state index in [0.29, 0.717) is 17.5 Å². The fourth-order valence-electron chi connectivity index (χ4n) is 2.24. The van der Waals surface area contributed by atoms with Gasteiger partial charge in [-0.1, -0.05) is 23.7 Å². The van der Waals surface area contributed by atoms with Crippen LogP contribution in [0.1, 0.15) is 12.0 Å².